The molecule has 35 heavy (non-hydrogen) atoms. The molecule has 0 bridgehead atoms. The Balaban J connectivity index is 0.00000216. The van der Waals surface area contributed by atoms with Crippen LogP contribution in [0.2, 0.25) is 0 Å². The number of rotatable bonds is 8. The SMILES string of the molecule is CC[N+](C)(CC)CCCn1c2cc(=N)ccc-2c2ccc(N=[N+]=[N-])cc2c1-c1ccccc1.Cl.[Cl-]. The molecule has 0 saturated heterocycles. The number of quaternary nitrogens is 1. The molecule has 8 heteroatoms. The Morgan fingerprint density at radius 3 is 2.34 bits per heavy atom. The monoisotopic (exact) mass is 510 g/mol. The Morgan fingerprint density at radius 1 is 0.971 bits per heavy atom. The van der Waals surface area contributed by atoms with Gasteiger partial charge in [-0.15, -0.1) is 12.4 Å². The zero-order valence-corrected chi connectivity index (χ0v) is 22.0. The Bertz CT molecular complexity index is 1360. The summed E-state index contributed by atoms with van der Waals surface area (Å²) in [4.78, 5) is 3.00. The van der Waals surface area contributed by atoms with E-state index in [0.29, 0.717) is 11.0 Å². The van der Waals surface area contributed by atoms with E-state index in [1.54, 1.807) is 0 Å². The average molecular weight is 512 g/mol. The molecule has 6 nitrogen and oxygen atoms in total. The van der Waals surface area contributed by atoms with Crippen molar-refractivity contribution in [2.45, 2.75) is 26.8 Å². The van der Waals surface area contributed by atoms with Gasteiger partial charge in [-0.3, -0.25) is 0 Å². The second-order valence-electron chi connectivity index (χ2n) is 8.85. The molecule has 0 spiro atoms. The fourth-order valence-electron chi connectivity index (χ4n) is 4.62. The lowest BCUT2D eigenvalue weighted by molar-refractivity contribution is -0.906. The molecular weight excluding hydrogens is 479 g/mol. The molecule has 2 aromatic carbocycles. The van der Waals surface area contributed by atoms with Gasteiger partial charge in [-0.25, -0.2) is 0 Å². The van der Waals surface area contributed by atoms with Gasteiger partial charge < -0.3 is 26.9 Å². The van der Waals surface area contributed by atoms with E-state index in [4.69, 9.17) is 10.9 Å². The van der Waals surface area contributed by atoms with E-state index in [1.807, 2.05) is 42.5 Å². The van der Waals surface area contributed by atoms with Crippen LogP contribution in [0.1, 0.15) is 20.3 Å². The third-order valence-electron chi connectivity index (χ3n) is 6.92. The summed E-state index contributed by atoms with van der Waals surface area (Å²) in [6.45, 7) is 8.66. The lowest BCUT2D eigenvalue weighted by Crippen LogP contribution is -3.00. The summed E-state index contributed by atoms with van der Waals surface area (Å²) in [5.74, 6) is 0. The first-order valence-corrected chi connectivity index (χ1v) is 11.6. The second kappa shape index (κ2) is 12.1. The van der Waals surface area contributed by atoms with Crippen molar-refractivity contribution in [2.24, 2.45) is 5.11 Å². The number of hydrogen-bond donors (Lipinski definition) is 1. The van der Waals surface area contributed by atoms with Crippen molar-refractivity contribution in [1.82, 2.24) is 4.57 Å². The van der Waals surface area contributed by atoms with Crippen molar-refractivity contribution in [1.29, 1.82) is 5.41 Å². The molecule has 184 valence electrons. The lowest BCUT2D eigenvalue weighted by Gasteiger charge is -2.33. The standard InChI is InChI=1S/C27H31N6.2ClH/c1-4-33(3,5-2)17-9-16-32-26-18-21(28)12-14-24(26)23-15-13-22(30-31-29)19-25(23)27(32)20-10-7-6-8-11-20;;/h6-8,10-15,18-19,28H,4-5,9,16-17H2,1-3H3;2*1H/q+1;;/p-1. The largest absolute Gasteiger partial charge is 1.00 e. The molecule has 1 aliphatic heterocycles. The highest BCUT2D eigenvalue weighted by Crippen LogP contribution is 2.40. The summed E-state index contributed by atoms with van der Waals surface area (Å²) in [6.07, 6.45) is 1.03. The molecule has 0 aromatic heterocycles. The van der Waals surface area contributed by atoms with Crippen LogP contribution in [-0.4, -0.2) is 35.7 Å². The maximum absolute atomic E-state index is 9.00. The quantitative estimate of drug-likeness (QED) is 0.121. The second-order valence-corrected chi connectivity index (χ2v) is 8.85. The number of fused-ring (bicyclic) bond motifs is 3. The van der Waals surface area contributed by atoms with Crippen molar-refractivity contribution < 1.29 is 16.9 Å². The van der Waals surface area contributed by atoms with E-state index in [-0.39, 0.29) is 24.8 Å². The molecule has 1 N–H and O–H groups in total. The van der Waals surface area contributed by atoms with Gasteiger partial charge in [0.05, 0.1) is 43.4 Å². The van der Waals surface area contributed by atoms with Crippen LogP contribution in [0, 0.1) is 5.41 Å². The maximum atomic E-state index is 9.00. The fourth-order valence-corrected chi connectivity index (χ4v) is 4.62. The van der Waals surface area contributed by atoms with Crippen LogP contribution in [-0.2, 0) is 6.54 Å². The molecule has 0 fully saturated rings. The zero-order chi connectivity index (χ0) is 23.4. The van der Waals surface area contributed by atoms with Crippen LogP contribution in [0.15, 0.2) is 71.8 Å². The number of halogens is 2. The minimum Gasteiger partial charge on any atom is -1.00 e. The predicted octanol–water partition coefficient (Wildman–Crippen LogP) is 4.14. The van der Waals surface area contributed by atoms with Gasteiger partial charge in [0.2, 0.25) is 0 Å². The highest BCUT2D eigenvalue weighted by Gasteiger charge is 2.21. The van der Waals surface area contributed by atoms with Crippen molar-refractivity contribution >= 4 is 28.9 Å². The van der Waals surface area contributed by atoms with Gasteiger partial charge in [0.15, 0.2) is 0 Å². The average Bonchev–Trinajstić information content (AvgIpc) is 2.84. The van der Waals surface area contributed by atoms with Crippen molar-refractivity contribution in [3.05, 3.63) is 82.5 Å². The van der Waals surface area contributed by atoms with E-state index in [9.17, 15) is 0 Å². The highest BCUT2D eigenvalue weighted by molar-refractivity contribution is 6.05. The molecule has 1 heterocycles. The van der Waals surface area contributed by atoms with E-state index < -0.39 is 0 Å². The van der Waals surface area contributed by atoms with Crippen molar-refractivity contribution in [2.75, 3.05) is 26.7 Å². The van der Waals surface area contributed by atoms with Crippen LogP contribution in [0.4, 0.5) is 5.69 Å². The summed E-state index contributed by atoms with van der Waals surface area (Å²) >= 11 is 0. The van der Waals surface area contributed by atoms with Crippen LogP contribution in [0.5, 0.6) is 0 Å². The van der Waals surface area contributed by atoms with Gasteiger partial charge in [-0.2, -0.15) is 0 Å². The third kappa shape index (κ3) is 5.80. The normalized spacial score (nSPS) is 10.9. The van der Waals surface area contributed by atoms with E-state index in [0.717, 1.165) is 70.4 Å². The number of pyridine rings is 1. The van der Waals surface area contributed by atoms with E-state index >= 15 is 0 Å². The van der Waals surface area contributed by atoms with Gasteiger partial charge in [0, 0.05) is 34.5 Å². The molecule has 2 aliphatic rings. The smallest absolute Gasteiger partial charge is 0.0801 e. The number of aromatic nitrogens is 1. The third-order valence-corrected chi connectivity index (χ3v) is 6.92. The molecule has 4 rings (SSSR count). The molecule has 0 radical (unpaired) electrons. The minimum atomic E-state index is 0. The number of nitrogens with one attached hydrogen (secondary N) is 1. The van der Waals surface area contributed by atoms with Crippen molar-refractivity contribution in [3.8, 4) is 22.5 Å². The van der Waals surface area contributed by atoms with E-state index in [1.165, 1.54) is 0 Å². The summed E-state index contributed by atoms with van der Waals surface area (Å²) in [6, 6.07) is 22.1. The zero-order valence-electron chi connectivity index (χ0n) is 20.4. The number of azide groups is 1. The van der Waals surface area contributed by atoms with Gasteiger partial charge in [0.1, 0.15) is 0 Å². The molecule has 0 unspecified atom stereocenters. The van der Waals surface area contributed by atoms with Crippen LogP contribution in [0.25, 0.3) is 43.7 Å². The fraction of sp³-hybridized carbons (Fsp3) is 0.296. The summed E-state index contributed by atoms with van der Waals surface area (Å²) in [5.41, 5.74) is 14.0. The van der Waals surface area contributed by atoms with Crippen LogP contribution < -0.4 is 17.8 Å². The number of benzene rings is 3. The minimum absolute atomic E-state index is 0. The topological polar surface area (TPSA) is 77.5 Å². The molecule has 1 aliphatic carbocycles. The molecule has 0 atom stereocenters. The Kier molecular flexibility index (Phi) is 9.75. The molecule has 0 amide bonds. The Labute approximate surface area is 219 Å². The first-order chi connectivity index (χ1) is 16.0. The van der Waals surface area contributed by atoms with Crippen LogP contribution >= 0.6 is 12.4 Å². The predicted molar refractivity (Wildman–Crippen MR) is 143 cm³/mol. The lowest BCUT2D eigenvalue weighted by atomic mass is 9.94. The van der Waals surface area contributed by atoms with Gasteiger partial charge in [-0.05, 0) is 48.5 Å². The Morgan fingerprint density at radius 2 is 1.69 bits per heavy atom. The first kappa shape index (κ1) is 28.2. The molecular formula is C27H32Cl2N6. The van der Waals surface area contributed by atoms with Gasteiger partial charge in [0.25, 0.3) is 0 Å². The molecule has 0 saturated carbocycles. The van der Waals surface area contributed by atoms with Crippen molar-refractivity contribution in [3.63, 3.8) is 0 Å². The summed E-state index contributed by atoms with van der Waals surface area (Å²) in [7, 11) is 2.31. The van der Waals surface area contributed by atoms with Gasteiger partial charge in [-0.1, -0.05) is 53.6 Å². The molecule has 2 aromatic rings. The van der Waals surface area contributed by atoms with Crippen LogP contribution in [0.3, 0.4) is 0 Å². The number of hydrogen-bond acceptors (Lipinski definition) is 2. The first-order valence-electron chi connectivity index (χ1n) is 11.6. The van der Waals surface area contributed by atoms with Gasteiger partial charge >= 0.3 is 0 Å². The van der Waals surface area contributed by atoms with E-state index in [2.05, 4.69) is 59.8 Å². The summed E-state index contributed by atoms with van der Waals surface area (Å²) in [5, 5.41) is 14.8. The number of nitrogens with zero attached hydrogens (tertiary/aromatic N) is 5. The maximum Gasteiger partial charge on any atom is 0.0801 e. The Hall–Kier alpha value is -3.02. The highest BCUT2D eigenvalue weighted by atomic mass is 35.5. The summed E-state index contributed by atoms with van der Waals surface area (Å²) < 4.78 is 3.40.